The van der Waals surface area contributed by atoms with Crippen molar-refractivity contribution in [3.63, 3.8) is 0 Å². The number of hydrogen-bond donors (Lipinski definition) is 0. The van der Waals surface area contributed by atoms with Crippen LogP contribution in [0, 0.1) is 5.92 Å². The zero-order valence-corrected chi connectivity index (χ0v) is 20.2. The lowest BCUT2D eigenvalue weighted by molar-refractivity contribution is -0.0358. The van der Waals surface area contributed by atoms with Crippen LogP contribution in [-0.2, 0) is 10.3 Å². The third-order valence-corrected chi connectivity index (χ3v) is 6.86. The van der Waals surface area contributed by atoms with Gasteiger partial charge < -0.3 is 4.74 Å². The third-order valence-electron chi connectivity index (χ3n) is 6.45. The van der Waals surface area contributed by atoms with Crippen molar-refractivity contribution in [1.82, 2.24) is 0 Å². The Kier molecular flexibility index (Phi) is 7.98. The molecule has 0 N–H and O–H groups in total. The van der Waals surface area contributed by atoms with E-state index in [-0.39, 0.29) is 6.10 Å². The van der Waals surface area contributed by atoms with Gasteiger partial charge in [-0.25, -0.2) is 0 Å². The standard InChI is InChI=1S/C29H31IO/c30-22-21-28(23-24-13-5-1-6-14-24)31-29(25-15-7-2-8-16-25,26-17-9-3-10-18-26)27-19-11-4-12-20-27/h2-4,7-12,15-22,24,28H,1,5-6,13-14,23H2/b22-21+. The monoisotopic (exact) mass is 522 g/mol. The summed E-state index contributed by atoms with van der Waals surface area (Å²) in [4.78, 5) is 0. The van der Waals surface area contributed by atoms with Crippen molar-refractivity contribution >= 4 is 22.6 Å². The Morgan fingerprint density at radius 2 is 1.19 bits per heavy atom. The average Bonchev–Trinajstić information content (AvgIpc) is 2.85. The van der Waals surface area contributed by atoms with Crippen LogP contribution >= 0.6 is 22.6 Å². The van der Waals surface area contributed by atoms with Crippen molar-refractivity contribution in [3.05, 3.63) is 118 Å². The predicted octanol–water partition coefficient (Wildman–Crippen LogP) is 8.28. The summed E-state index contributed by atoms with van der Waals surface area (Å²) in [5.74, 6) is 0.742. The van der Waals surface area contributed by atoms with Crippen LogP contribution in [0.3, 0.4) is 0 Å². The zero-order chi connectivity index (χ0) is 21.4. The highest BCUT2D eigenvalue weighted by Crippen LogP contribution is 2.43. The molecular weight excluding hydrogens is 491 g/mol. The van der Waals surface area contributed by atoms with Crippen molar-refractivity contribution in [2.75, 3.05) is 0 Å². The van der Waals surface area contributed by atoms with Crippen molar-refractivity contribution < 1.29 is 4.74 Å². The molecule has 1 atom stereocenters. The minimum absolute atomic E-state index is 0.0561. The molecule has 0 amide bonds. The fourth-order valence-corrected chi connectivity index (χ4v) is 5.41. The largest absolute Gasteiger partial charge is 0.354 e. The average molecular weight is 522 g/mol. The summed E-state index contributed by atoms with van der Waals surface area (Å²) in [5.41, 5.74) is 2.85. The first-order valence-electron chi connectivity index (χ1n) is 11.4. The van der Waals surface area contributed by atoms with Crippen molar-refractivity contribution in [1.29, 1.82) is 0 Å². The summed E-state index contributed by atoms with van der Waals surface area (Å²) in [7, 11) is 0. The third kappa shape index (κ3) is 5.30. The van der Waals surface area contributed by atoms with Gasteiger partial charge in [-0.2, -0.15) is 0 Å². The molecule has 31 heavy (non-hydrogen) atoms. The predicted molar refractivity (Wildman–Crippen MR) is 138 cm³/mol. The van der Waals surface area contributed by atoms with Crippen LogP contribution in [0.1, 0.15) is 55.2 Å². The fourth-order valence-electron chi connectivity index (χ4n) is 4.95. The van der Waals surface area contributed by atoms with Crippen LogP contribution in [0.4, 0.5) is 0 Å². The van der Waals surface area contributed by atoms with Gasteiger partial charge in [0.25, 0.3) is 0 Å². The molecule has 0 saturated heterocycles. The van der Waals surface area contributed by atoms with E-state index >= 15 is 0 Å². The highest BCUT2D eigenvalue weighted by molar-refractivity contribution is 14.1. The van der Waals surface area contributed by atoms with E-state index in [9.17, 15) is 0 Å². The normalized spacial score (nSPS) is 16.4. The summed E-state index contributed by atoms with van der Waals surface area (Å²) < 4.78 is 9.37. The maximum Gasteiger partial charge on any atom is 0.144 e. The van der Waals surface area contributed by atoms with Crippen LogP contribution in [0.25, 0.3) is 0 Å². The second kappa shape index (κ2) is 11.1. The molecule has 1 nitrogen and oxygen atoms in total. The molecule has 1 unspecified atom stereocenters. The molecule has 1 aliphatic carbocycles. The highest BCUT2D eigenvalue weighted by atomic mass is 127. The van der Waals surface area contributed by atoms with Gasteiger partial charge in [0.1, 0.15) is 5.60 Å². The Morgan fingerprint density at radius 1 is 0.742 bits per heavy atom. The van der Waals surface area contributed by atoms with Gasteiger partial charge in [0.15, 0.2) is 0 Å². The molecule has 0 spiro atoms. The molecule has 0 bridgehead atoms. The first-order chi connectivity index (χ1) is 15.3. The van der Waals surface area contributed by atoms with E-state index < -0.39 is 5.60 Å². The molecule has 160 valence electrons. The first kappa shape index (κ1) is 22.3. The number of hydrogen-bond acceptors (Lipinski definition) is 1. The smallest absolute Gasteiger partial charge is 0.144 e. The maximum absolute atomic E-state index is 7.25. The maximum atomic E-state index is 7.25. The second-order valence-electron chi connectivity index (χ2n) is 8.49. The van der Waals surface area contributed by atoms with Crippen molar-refractivity contribution in [2.24, 2.45) is 5.92 Å². The molecule has 1 fully saturated rings. The van der Waals surface area contributed by atoms with E-state index in [0.717, 1.165) is 12.3 Å². The van der Waals surface area contributed by atoms with Crippen LogP contribution in [0.2, 0.25) is 0 Å². The summed E-state index contributed by atoms with van der Waals surface area (Å²) in [6.45, 7) is 0. The Hall–Kier alpha value is -1.91. The molecule has 0 aliphatic heterocycles. The van der Waals surface area contributed by atoms with Gasteiger partial charge in [-0.1, -0.05) is 146 Å². The van der Waals surface area contributed by atoms with Crippen LogP contribution in [0.5, 0.6) is 0 Å². The number of benzene rings is 3. The molecule has 3 aromatic rings. The lowest BCUT2D eigenvalue weighted by Crippen LogP contribution is -2.37. The van der Waals surface area contributed by atoms with Gasteiger partial charge in [0.05, 0.1) is 6.10 Å². The highest BCUT2D eigenvalue weighted by Gasteiger charge is 2.39. The first-order valence-corrected chi connectivity index (χ1v) is 12.7. The van der Waals surface area contributed by atoms with E-state index in [1.54, 1.807) is 0 Å². The van der Waals surface area contributed by atoms with Crippen LogP contribution in [-0.4, -0.2) is 6.10 Å². The summed E-state index contributed by atoms with van der Waals surface area (Å²) in [5, 5.41) is 0. The summed E-state index contributed by atoms with van der Waals surface area (Å²) >= 11 is 2.33. The zero-order valence-electron chi connectivity index (χ0n) is 18.0. The quantitative estimate of drug-likeness (QED) is 0.214. The summed E-state index contributed by atoms with van der Waals surface area (Å²) in [6, 6.07) is 32.1. The molecule has 3 aromatic carbocycles. The Morgan fingerprint density at radius 3 is 1.61 bits per heavy atom. The molecule has 4 rings (SSSR count). The fraction of sp³-hybridized carbons (Fsp3) is 0.310. The number of rotatable bonds is 8. The molecule has 0 heterocycles. The van der Waals surface area contributed by atoms with Crippen molar-refractivity contribution in [2.45, 2.75) is 50.2 Å². The van der Waals surface area contributed by atoms with Gasteiger partial charge in [-0.15, -0.1) is 0 Å². The van der Waals surface area contributed by atoms with Crippen LogP contribution < -0.4 is 0 Å². The van der Waals surface area contributed by atoms with Gasteiger partial charge in [-0.05, 0) is 39.2 Å². The SMILES string of the molecule is I/C=C/C(CC1CCCCC1)OC(c1ccccc1)(c1ccccc1)c1ccccc1. The van der Waals surface area contributed by atoms with Crippen LogP contribution in [0.15, 0.2) is 101 Å². The second-order valence-corrected chi connectivity index (χ2v) is 9.21. The number of halogens is 1. The van der Waals surface area contributed by atoms with E-state index in [1.807, 2.05) is 0 Å². The van der Waals surface area contributed by atoms with Crippen molar-refractivity contribution in [3.8, 4) is 0 Å². The Labute approximate surface area is 200 Å². The minimum Gasteiger partial charge on any atom is -0.354 e. The van der Waals surface area contributed by atoms with E-state index in [4.69, 9.17) is 4.74 Å². The lowest BCUT2D eigenvalue weighted by Gasteiger charge is -2.39. The molecule has 0 radical (unpaired) electrons. The molecular formula is C29H31IO. The lowest BCUT2D eigenvalue weighted by atomic mass is 9.79. The Bertz CT molecular complexity index is 834. The molecule has 2 heteroatoms. The summed E-state index contributed by atoms with van der Waals surface area (Å²) in [6.07, 6.45) is 10.1. The Balaban J connectivity index is 1.82. The topological polar surface area (TPSA) is 9.23 Å². The molecule has 1 aliphatic rings. The minimum atomic E-state index is -0.654. The van der Waals surface area contributed by atoms with Gasteiger partial charge in [-0.3, -0.25) is 0 Å². The van der Waals surface area contributed by atoms with E-state index in [2.05, 4.69) is 124 Å². The van der Waals surface area contributed by atoms with E-state index in [0.29, 0.717) is 0 Å². The van der Waals surface area contributed by atoms with Gasteiger partial charge in [0.2, 0.25) is 0 Å². The van der Waals surface area contributed by atoms with E-state index in [1.165, 1.54) is 48.8 Å². The molecule has 1 saturated carbocycles. The van der Waals surface area contributed by atoms with Gasteiger partial charge in [0, 0.05) is 0 Å². The molecule has 0 aromatic heterocycles. The number of ether oxygens (including phenoxy) is 1. The van der Waals surface area contributed by atoms with Gasteiger partial charge >= 0.3 is 0 Å².